The summed E-state index contributed by atoms with van der Waals surface area (Å²) in [5.41, 5.74) is 0.426. The molecule has 0 unspecified atom stereocenters. The summed E-state index contributed by atoms with van der Waals surface area (Å²) in [6.07, 6.45) is 3.24. The molecule has 2 aromatic heterocycles. The highest BCUT2D eigenvalue weighted by Gasteiger charge is 2.28. The number of nitriles is 1. The molecule has 0 aromatic carbocycles. The summed E-state index contributed by atoms with van der Waals surface area (Å²) in [5, 5.41) is 26.5. The lowest BCUT2D eigenvalue weighted by atomic mass is 9.90. The maximum Gasteiger partial charge on any atom is 0.404 e. The molecule has 1 fully saturated rings. The van der Waals surface area contributed by atoms with E-state index in [1.807, 2.05) is 6.07 Å². The van der Waals surface area contributed by atoms with Crippen LogP contribution in [-0.2, 0) is 0 Å². The highest BCUT2D eigenvalue weighted by atomic mass is 19.1. The zero-order chi connectivity index (χ0) is 21.0. The summed E-state index contributed by atoms with van der Waals surface area (Å²) in [6, 6.07) is 3.35. The number of anilines is 3. The molecule has 1 saturated carbocycles. The minimum absolute atomic E-state index is 0.0417. The largest absolute Gasteiger partial charge is 0.465 e. The monoisotopic (exact) mass is 402 g/mol. The van der Waals surface area contributed by atoms with Gasteiger partial charge in [0, 0.05) is 12.1 Å². The first-order valence-electron chi connectivity index (χ1n) is 9.13. The van der Waals surface area contributed by atoms with Crippen molar-refractivity contribution in [1.29, 1.82) is 5.26 Å². The van der Waals surface area contributed by atoms with Gasteiger partial charge in [-0.05, 0) is 25.8 Å². The smallest absolute Gasteiger partial charge is 0.404 e. The Morgan fingerprint density at radius 2 is 1.93 bits per heavy atom. The van der Waals surface area contributed by atoms with Gasteiger partial charge < -0.3 is 21.1 Å². The number of carboxylic acid groups (broad SMARTS) is 1. The molecule has 10 heteroatoms. The van der Waals surface area contributed by atoms with Gasteiger partial charge in [0.15, 0.2) is 17.5 Å². The molecule has 2 heterocycles. The number of pyridine rings is 2. The molecule has 0 aliphatic heterocycles. The average molecular weight is 402 g/mol. The molecule has 2 atom stereocenters. The van der Waals surface area contributed by atoms with Crippen molar-refractivity contribution in [2.24, 2.45) is 0 Å². The van der Waals surface area contributed by atoms with Crippen LogP contribution in [0.1, 0.15) is 36.9 Å². The van der Waals surface area contributed by atoms with Crippen LogP contribution in [0.2, 0.25) is 0 Å². The molecule has 0 bridgehead atoms. The van der Waals surface area contributed by atoms with Crippen LogP contribution in [0, 0.1) is 29.9 Å². The number of aromatic nitrogens is 2. The highest BCUT2D eigenvalue weighted by Crippen LogP contribution is 2.27. The number of amides is 1. The van der Waals surface area contributed by atoms with Crippen molar-refractivity contribution >= 4 is 23.4 Å². The lowest BCUT2D eigenvalue weighted by Gasteiger charge is -2.32. The van der Waals surface area contributed by atoms with Crippen LogP contribution < -0.4 is 16.0 Å². The number of halogens is 2. The van der Waals surface area contributed by atoms with Gasteiger partial charge in [-0.25, -0.2) is 18.6 Å². The lowest BCUT2D eigenvalue weighted by molar-refractivity contribution is 0.184. The Morgan fingerprint density at radius 1 is 1.21 bits per heavy atom. The molecule has 1 aliphatic carbocycles. The Labute approximate surface area is 166 Å². The summed E-state index contributed by atoms with van der Waals surface area (Å²) in [6.45, 7) is 1.52. The third-order valence-corrected chi connectivity index (χ3v) is 4.78. The second-order valence-corrected chi connectivity index (χ2v) is 6.83. The van der Waals surface area contributed by atoms with Crippen molar-refractivity contribution in [3.8, 4) is 6.07 Å². The van der Waals surface area contributed by atoms with Gasteiger partial charge in [-0.15, -0.1) is 0 Å². The van der Waals surface area contributed by atoms with E-state index in [4.69, 9.17) is 5.11 Å². The molecule has 152 valence electrons. The summed E-state index contributed by atoms with van der Waals surface area (Å²) in [4.78, 5) is 19.1. The van der Waals surface area contributed by atoms with E-state index in [-0.39, 0.29) is 40.7 Å². The number of nitrogens with zero attached hydrogens (tertiary/aromatic N) is 3. The van der Waals surface area contributed by atoms with E-state index in [0.717, 1.165) is 18.9 Å². The molecule has 3 rings (SSSR count). The molecule has 0 spiro atoms. The number of carbonyl (C=O) groups is 1. The number of hydrogen-bond donors (Lipinski definition) is 4. The van der Waals surface area contributed by atoms with E-state index in [1.54, 1.807) is 0 Å². The SMILES string of the molecule is Cc1ncc(Nc2nc(N[C@@H]3CCCC[C@@H]3NC(=O)O)c(F)cc2C#N)cc1F. The first-order valence-corrected chi connectivity index (χ1v) is 9.13. The number of aryl methyl sites for hydroxylation is 1. The molecule has 0 saturated heterocycles. The van der Waals surface area contributed by atoms with Crippen LogP contribution >= 0.6 is 0 Å². The molecular formula is C19H20F2N6O2. The van der Waals surface area contributed by atoms with E-state index < -0.39 is 17.7 Å². The minimum atomic E-state index is -1.15. The van der Waals surface area contributed by atoms with Gasteiger partial charge in [-0.1, -0.05) is 12.8 Å². The third-order valence-electron chi connectivity index (χ3n) is 4.78. The van der Waals surface area contributed by atoms with Crippen molar-refractivity contribution < 1.29 is 18.7 Å². The van der Waals surface area contributed by atoms with Gasteiger partial charge in [0.05, 0.1) is 29.2 Å². The third kappa shape index (κ3) is 4.87. The van der Waals surface area contributed by atoms with Gasteiger partial charge in [0.1, 0.15) is 11.9 Å². The van der Waals surface area contributed by atoms with Crippen LogP contribution in [0.3, 0.4) is 0 Å². The number of hydrogen-bond acceptors (Lipinski definition) is 6. The Kier molecular flexibility index (Phi) is 6.07. The summed E-state index contributed by atoms with van der Waals surface area (Å²) in [7, 11) is 0. The zero-order valence-corrected chi connectivity index (χ0v) is 15.7. The molecule has 1 aliphatic rings. The Morgan fingerprint density at radius 3 is 2.59 bits per heavy atom. The van der Waals surface area contributed by atoms with Crippen molar-refractivity contribution in [3.05, 3.63) is 41.2 Å². The molecule has 2 aromatic rings. The van der Waals surface area contributed by atoms with E-state index >= 15 is 0 Å². The van der Waals surface area contributed by atoms with E-state index in [2.05, 4.69) is 25.9 Å². The topological polar surface area (TPSA) is 123 Å². The predicted octanol–water partition coefficient (Wildman–Crippen LogP) is 3.67. The molecule has 4 N–H and O–H groups in total. The maximum atomic E-state index is 14.5. The standard InChI is InChI=1S/C19H20F2N6O2/c1-10-13(20)7-12(9-23-10)24-17-11(8-22)6-14(21)18(27-17)25-15-4-2-3-5-16(15)26-19(28)29/h6-7,9,15-16,26H,2-5H2,1H3,(H,28,29)(H2,24,25,27)/t15-,16+/m1/s1. The highest BCUT2D eigenvalue weighted by molar-refractivity contribution is 5.66. The second-order valence-electron chi connectivity index (χ2n) is 6.83. The maximum absolute atomic E-state index is 14.5. The molecule has 0 radical (unpaired) electrons. The van der Waals surface area contributed by atoms with Crippen LogP contribution in [0.25, 0.3) is 0 Å². The normalized spacial score (nSPS) is 18.6. The van der Waals surface area contributed by atoms with Crippen LogP contribution in [-0.4, -0.2) is 33.3 Å². The fourth-order valence-corrected chi connectivity index (χ4v) is 3.29. The van der Waals surface area contributed by atoms with Gasteiger partial charge in [0.2, 0.25) is 0 Å². The van der Waals surface area contributed by atoms with Gasteiger partial charge >= 0.3 is 6.09 Å². The van der Waals surface area contributed by atoms with E-state index in [9.17, 15) is 18.8 Å². The first-order chi connectivity index (χ1) is 13.9. The molecular weight excluding hydrogens is 382 g/mol. The van der Waals surface area contributed by atoms with Crippen molar-refractivity contribution in [2.75, 3.05) is 10.6 Å². The van der Waals surface area contributed by atoms with Crippen molar-refractivity contribution in [3.63, 3.8) is 0 Å². The number of rotatable bonds is 5. The summed E-state index contributed by atoms with van der Waals surface area (Å²) in [5.74, 6) is -1.34. The Hall–Kier alpha value is -3.48. The van der Waals surface area contributed by atoms with Gasteiger partial charge in [-0.3, -0.25) is 4.98 Å². The molecule has 1 amide bonds. The molecule has 8 nitrogen and oxygen atoms in total. The van der Waals surface area contributed by atoms with Crippen molar-refractivity contribution in [1.82, 2.24) is 15.3 Å². The van der Waals surface area contributed by atoms with Crippen LogP contribution in [0.5, 0.6) is 0 Å². The zero-order valence-electron chi connectivity index (χ0n) is 15.7. The molecule has 29 heavy (non-hydrogen) atoms. The Balaban J connectivity index is 1.87. The van der Waals surface area contributed by atoms with Crippen molar-refractivity contribution in [2.45, 2.75) is 44.7 Å². The lowest BCUT2D eigenvalue weighted by Crippen LogP contribution is -2.48. The summed E-state index contributed by atoms with van der Waals surface area (Å²) >= 11 is 0. The van der Waals surface area contributed by atoms with E-state index in [1.165, 1.54) is 19.2 Å². The second kappa shape index (κ2) is 8.68. The Bertz CT molecular complexity index is 962. The van der Waals surface area contributed by atoms with E-state index in [0.29, 0.717) is 12.8 Å². The minimum Gasteiger partial charge on any atom is -0.465 e. The first kappa shape index (κ1) is 20.3. The fourth-order valence-electron chi connectivity index (χ4n) is 3.29. The van der Waals surface area contributed by atoms with Crippen LogP contribution in [0.4, 0.5) is 30.9 Å². The number of nitrogens with one attached hydrogen (secondary N) is 3. The average Bonchev–Trinajstić information content (AvgIpc) is 2.68. The van der Waals surface area contributed by atoms with Crippen LogP contribution in [0.15, 0.2) is 18.3 Å². The fraction of sp³-hybridized carbons (Fsp3) is 0.368. The summed E-state index contributed by atoms with van der Waals surface area (Å²) < 4.78 is 28.3. The quantitative estimate of drug-likeness (QED) is 0.602. The van der Waals surface area contributed by atoms with Gasteiger partial charge in [-0.2, -0.15) is 5.26 Å². The van der Waals surface area contributed by atoms with Gasteiger partial charge in [0.25, 0.3) is 0 Å². The predicted molar refractivity (Wildman–Crippen MR) is 102 cm³/mol.